The fraction of sp³-hybridized carbons (Fsp3) is 0.500. The molecular formula is C16H26N2O2. The van der Waals surface area contributed by atoms with Crippen LogP contribution in [0.4, 0.5) is 0 Å². The first-order valence-electron chi connectivity index (χ1n) is 7.03. The molecule has 1 aliphatic rings. The average Bonchev–Trinajstić information content (AvgIpc) is 2.92. The van der Waals surface area contributed by atoms with Crippen molar-refractivity contribution in [2.75, 3.05) is 13.6 Å². The first-order valence-corrected chi connectivity index (χ1v) is 7.03. The summed E-state index contributed by atoms with van der Waals surface area (Å²) in [6.45, 7) is 2.60. The van der Waals surface area contributed by atoms with Gasteiger partial charge in [0, 0.05) is 5.56 Å². The van der Waals surface area contributed by atoms with Gasteiger partial charge in [0.25, 0.3) is 0 Å². The summed E-state index contributed by atoms with van der Waals surface area (Å²) in [6, 6.07) is 9.10. The van der Waals surface area contributed by atoms with Gasteiger partial charge in [-0.15, -0.1) is 0 Å². The summed E-state index contributed by atoms with van der Waals surface area (Å²) in [5.41, 5.74) is 5.43. The van der Waals surface area contributed by atoms with E-state index in [0.717, 1.165) is 17.8 Å². The van der Waals surface area contributed by atoms with Crippen LogP contribution in [0.1, 0.15) is 43.0 Å². The van der Waals surface area contributed by atoms with E-state index in [0.29, 0.717) is 0 Å². The molecule has 20 heavy (non-hydrogen) atoms. The largest absolute Gasteiger partial charge is 0.369 e. The van der Waals surface area contributed by atoms with E-state index in [-0.39, 0.29) is 12.5 Å². The van der Waals surface area contributed by atoms with E-state index in [1.807, 2.05) is 18.2 Å². The van der Waals surface area contributed by atoms with Crippen molar-refractivity contribution in [2.45, 2.75) is 32.6 Å². The number of carbonyl (C=O) groups excluding carboxylic acids is 2. The van der Waals surface area contributed by atoms with E-state index in [9.17, 15) is 9.59 Å². The zero-order valence-corrected chi connectivity index (χ0v) is 12.5. The van der Waals surface area contributed by atoms with Gasteiger partial charge < -0.3 is 11.1 Å². The molecule has 4 nitrogen and oxygen atoms in total. The lowest BCUT2D eigenvalue weighted by Crippen LogP contribution is -2.25. The lowest BCUT2D eigenvalue weighted by molar-refractivity contribution is -0.117. The molecule has 0 radical (unpaired) electrons. The second-order valence-corrected chi connectivity index (χ2v) is 4.91. The van der Waals surface area contributed by atoms with E-state index in [2.05, 4.69) is 12.2 Å². The number of nitrogens with one attached hydrogen (secondary N) is 1. The van der Waals surface area contributed by atoms with Crippen LogP contribution in [0.25, 0.3) is 0 Å². The third-order valence-corrected chi connectivity index (χ3v) is 2.93. The van der Waals surface area contributed by atoms with Crippen molar-refractivity contribution in [3.8, 4) is 0 Å². The van der Waals surface area contributed by atoms with Crippen LogP contribution in [-0.2, 0) is 4.79 Å². The minimum atomic E-state index is -0.322. The van der Waals surface area contributed by atoms with E-state index < -0.39 is 0 Å². The highest BCUT2D eigenvalue weighted by Crippen LogP contribution is 2.22. The average molecular weight is 278 g/mol. The fourth-order valence-corrected chi connectivity index (χ4v) is 1.84. The Bertz CT molecular complexity index is 360. The molecule has 1 aliphatic carbocycles. The van der Waals surface area contributed by atoms with Crippen molar-refractivity contribution in [1.82, 2.24) is 5.32 Å². The summed E-state index contributed by atoms with van der Waals surface area (Å²) in [4.78, 5) is 19.8. The molecule has 3 N–H and O–H groups in total. The summed E-state index contributed by atoms with van der Waals surface area (Å²) in [5.74, 6) is 0.725. The minimum absolute atomic E-state index is 0.264. The molecule has 1 aromatic rings. The van der Waals surface area contributed by atoms with Gasteiger partial charge in [-0.2, -0.15) is 0 Å². The van der Waals surface area contributed by atoms with Crippen molar-refractivity contribution in [1.29, 1.82) is 0 Å². The number of primary amides is 1. The van der Waals surface area contributed by atoms with E-state index in [1.165, 1.54) is 25.7 Å². The highest BCUT2D eigenvalue weighted by molar-refractivity contribution is 5.75. The van der Waals surface area contributed by atoms with Crippen LogP contribution < -0.4 is 11.1 Å². The van der Waals surface area contributed by atoms with Crippen molar-refractivity contribution < 1.29 is 9.59 Å². The maximum atomic E-state index is 10.0. The molecule has 0 heterocycles. The minimum Gasteiger partial charge on any atom is -0.369 e. The molecule has 112 valence electrons. The number of aldehydes is 1. The number of hydrogen-bond donors (Lipinski definition) is 2. The number of benzene rings is 1. The number of amides is 1. The quantitative estimate of drug-likeness (QED) is 0.834. The SMILES string of the molecule is CC1CCCC1.CNCC(N)=O.O=Cc1ccccc1. The van der Waals surface area contributed by atoms with Gasteiger partial charge in [-0.1, -0.05) is 62.9 Å². The lowest BCUT2D eigenvalue weighted by atomic mass is 10.2. The van der Waals surface area contributed by atoms with Gasteiger partial charge >= 0.3 is 0 Å². The molecule has 4 heteroatoms. The van der Waals surface area contributed by atoms with Crippen LogP contribution in [0.5, 0.6) is 0 Å². The third-order valence-electron chi connectivity index (χ3n) is 2.93. The van der Waals surface area contributed by atoms with Crippen LogP contribution in [0.3, 0.4) is 0 Å². The van der Waals surface area contributed by atoms with Crippen molar-refractivity contribution in [3.63, 3.8) is 0 Å². The van der Waals surface area contributed by atoms with Gasteiger partial charge in [0.05, 0.1) is 6.54 Å². The third kappa shape index (κ3) is 11.4. The van der Waals surface area contributed by atoms with Gasteiger partial charge in [-0.25, -0.2) is 0 Å². The predicted octanol–water partition coefficient (Wildman–Crippen LogP) is 2.39. The molecule has 0 saturated heterocycles. The summed E-state index contributed by atoms with van der Waals surface area (Å²) >= 11 is 0. The molecule has 2 rings (SSSR count). The van der Waals surface area contributed by atoms with Crippen LogP contribution in [0.2, 0.25) is 0 Å². The Balaban J connectivity index is 0.000000276. The number of likely N-dealkylation sites (N-methyl/N-ethyl adjacent to an activating group) is 1. The Morgan fingerprint density at radius 3 is 2.05 bits per heavy atom. The van der Waals surface area contributed by atoms with Crippen LogP contribution in [0, 0.1) is 5.92 Å². The van der Waals surface area contributed by atoms with Gasteiger partial charge in [0.1, 0.15) is 6.29 Å². The first kappa shape index (κ1) is 18.3. The summed E-state index contributed by atoms with van der Waals surface area (Å²) in [6.07, 6.45) is 6.78. The second kappa shape index (κ2) is 12.4. The zero-order chi connectivity index (χ0) is 15.2. The van der Waals surface area contributed by atoms with Gasteiger partial charge in [0.15, 0.2) is 0 Å². The van der Waals surface area contributed by atoms with Gasteiger partial charge in [-0.3, -0.25) is 9.59 Å². The highest BCUT2D eigenvalue weighted by atomic mass is 16.1. The Labute approximate surface area is 121 Å². The predicted molar refractivity (Wildman–Crippen MR) is 82.6 cm³/mol. The standard InChI is InChI=1S/C7H6O.C6H12.C3H8N2O/c8-6-7-4-2-1-3-5-7;1-6-4-2-3-5-6;1-5-2-3(4)6/h1-6H;6H,2-5H2,1H3;5H,2H2,1H3,(H2,4,6). The van der Waals surface area contributed by atoms with E-state index in [4.69, 9.17) is 5.73 Å². The summed E-state index contributed by atoms with van der Waals surface area (Å²) < 4.78 is 0. The fourth-order valence-electron chi connectivity index (χ4n) is 1.84. The molecule has 0 aromatic heterocycles. The number of rotatable bonds is 3. The molecule has 0 bridgehead atoms. The maximum Gasteiger partial charge on any atom is 0.231 e. The van der Waals surface area contributed by atoms with E-state index >= 15 is 0 Å². The molecule has 1 amide bonds. The molecule has 0 aliphatic heterocycles. The smallest absolute Gasteiger partial charge is 0.231 e. The summed E-state index contributed by atoms with van der Waals surface area (Å²) in [5, 5.41) is 2.59. The molecule has 0 unspecified atom stereocenters. The second-order valence-electron chi connectivity index (χ2n) is 4.91. The van der Waals surface area contributed by atoms with Crippen molar-refractivity contribution >= 4 is 12.2 Å². The normalized spacial score (nSPS) is 13.5. The summed E-state index contributed by atoms with van der Waals surface area (Å²) in [7, 11) is 1.67. The Kier molecular flexibility index (Phi) is 11.3. The number of nitrogens with two attached hydrogens (primary N) is 1. The molecule has 1 aromatic carbocycles. The van der Waals surface area contributed by atoms with Crippen LogP contribution >= 0.6 is 0 Å². The highest BCUT2D eigenvalue weighted by Gasteiger charge is 2.07. The molecule has 1 fully saturated rings. The molecular weight excluding hydrogens is 252 g/mol. The van der Waals surface area contributed by atoms with Crippen molar-refractivity contribution in [2.24, 2.45) is 11.7 Å². The van der Waals surface area contributed by atoms with Gasteiger partial charge in [0.2, 0.25) is 5.91 Å². The topological polar surface area (TPSA) is 72.2 Å². The zero-order valence-electron chi connectivity index (χ0n) is 12.5. The monoisotopic (exact) mass is 278 g/mol. The maximum absolute atomic E-state index is 10.0. The lowest BCUT2D eigenvalue weighted by Gasteiger charge is -1.91. The Morgan fingerprint density at radius 2 is 1.85 bits per heavy atom. The van der Waals surface area contributed by atoms with Crippen LogP contribution in [0.15, 0.2) is 30.3 Å². The van der Waals surface area contributed by atoms with E-state index in [1.54, 1.807) is 19.2 Å². The van der Waals surface area contributed by atoms with Crippen molar-refractivity contribution in [3.05, 3.63) is 35.9 Å². The first-order chi connectivity index (χ1) is 9.60. The number of hydrogen-bond acceptors (Lipinski definition) is 3. The van der Waals surface area contributed by atoms with Crippen LogP contribution in [-0.4, -0.2) is 25.8 Å². The molecule has 1 saturated carbocycles. The molecule has 0 spiro atoms. The van der Waals surface area contributed by atoms with Gasteiger partial charge in [-0.05, 0) is 13.0 Å². The Morgan fingerprint density at radius 1 is 1.30 bits per heavy atom. The molecule has 0 atom stereocenters. The Hall–Kier alpha value is -1.68. The number of carbonyl (C=O) groups is 2.